The number of hydrogen-bond acceptors (Lipinski definition) is 3. The lowest BCUT2D eigenvalue weighted by atomic mass is 10.0. The van der Waals surface area contributed by atoms with Gasteiger partial charge in [-0.3, -0.25) is 4.79 Å². The van der Waals surface area contributed by atoms with Crippen molar-refractivity contribution in [3.63, 3.8) is 0 Å². The highest BCUT2D eigenvalue weighted by Gasteiger charge is 2.21. The molecule has 0 bridgehead atoms. The lowest BCUT2D eigenvalue weighted by molar-refractivity contribution is 0.0166. The van der Waals surface area contributed by atoms with E-state index in [9.17, 15) is 23.8 Å². The zero-order chi connectivity index (χ0) is 13.0. The summed E-state index contributed by atoms with van der Waals surface area (Å²) in [6, 6.07) is 1.63. The SMILES string of the molecule is O=Cc1c(F)cc(C(O)C(O)CCCl)cc1F. The van der Waals surface area contributed by atoms with Crippen LogP contribution < -0.4 is 0 Å². The molecule has 0 heterocycles. The second-order valence-corrected chi connectivity index (χ2v) is 3.88. The van der Waals surface area contributed by atoms with E-state index in [1.807, 2.05) is 0 Å². The van der Waals surface area contributed by atoms with E-state index in [1.54, 1.807) is 0 Å². The monoisotopic (exact) mass is 264 g/mol. The number of halogens is 3. The van der Waals surface area contributed by atoms with E-state index in [-0.39, 0.29) is 24.2 Å². The van der Waals surface area contributed by atoms with E-state index < -0.39 is 29.4 Å². The first kappa shape index (κ1) is 14.0. The maximum absolute atomic E-state index is 13.2. The summed E-state index contributed by atoms with van der Waals surface area (Å²) in [6.07, 6.45) is -2.52. The second-order valence-electron chi connectivity index (χ2n) is 3.51. The molecule has 2 unspecified atom stereocenters. The summed E-state index contributed by atoms with van der Waals surface area (Å²) in [5.41, 5.74) is -0.837. The van der Waals surface area contributed by atoms with Crippen LogP contribution in [0.2, 0.25) is 0 Å². The molecule has 17 heavy (non-hydrogen) atoms. The highest BCUT2D eigenvalue weighted by Crippen LogP contribution is 2.23. The molecule has 2 N–H and O–H groups in total. The number of hydrogen-bond donors (Lipinski definition) is 2. The van der Waals surface area contributed by atoms with Crippen LogP contribution in [0.4, 0.5) is 8.78 Å². The van der Waals surface area contributed by atoms with Crippen LogP contribution in [0.5, 0.6) is 0 Å². The fraction of sp³-hybridized carbons (Fsp3) is 0.364. The number of carbonyl (C=O) groups excluding carboxylic acids is 1. The molecule has 1 rings (SSSR count). The third kappa shape index (κ3) is 3.21. The molecular weight excluding hydrogens is 254 g/mol. The first-order valence-corrected chi connectivity index (χ1v) is 5.41. The van der Waals surface area contributed by atoms with Crippen molar-refractivity contribution in [2.75, 3.05) is 5.88 Å². The summed E-state index contributed by atoms with van der Waals surface area (Å²) in [5.74, 6) is -2.05. The number of aldehydes is 1. The maximum Gasteiger partial charge on any atom is 0.155 e. The van der Waals surface area contributed by atoms with Gasteiger partial charge in [0.2, 0.25) is 0 Å². The Labute approximate surface area is 102 Å². The van der Waals surface area contributed by atoms with Crippen molar-refractivity contribution in [3.05, 3.63) is 34.9 Å². The third-order valence-electron chi connectivity index (χ3n) is 2.33. The molecule has 1 aromatic rings. The lowest BCUT2D eigenvalue weighted by Crippen LogP contribution is -2.19. The molecule has 6 heteroatoms. The van der Waals surface area contributed by atoms with Gasteiger partial charge in [0.25, 0.3) is 0 Å². The Morgan fingerprint density at radius 1 is 1.29 bits per heavy atom. The normalized spacial score (nSPS) is 14.4. The minimum atomic E-state index is -1.45. The van der Waals surface area contributed by atoms with E-state index in [0.717, 1.165) is 12.1 Å². The molecule has 1 aromatic carbocycles. The number of aliphatic hydroxyl groups is 2. The third-order valence-corrected chi connectivity index (χ3v) is 2.55. The van der Waals surface area contributed by atoms with Gasteiger partial charge in [0.15, 0.2) is 6.29 Å². The number of carbonyl (C=O) groups is 1. The summed E-state index contributed by atoms with van der Waals surface area (Å²) in [6.45, 7) is 0. The van der Waals surface area contributed by atoms with Gasteiger partial charge in [-0.25, -0.2) is 8.78 Å². The lowest BCUT2D eigenvalue weighted by Gasteiger charge is -2.17. The summed E-state index contributed by atoms with van der Waals surface area (Å²) in [4.78, 5) is 10.4. The first-order chi connectivity index (χ1) is 8.01. The highest BCUT2D eigenvalue weighted by molar-refractivity contribution is 6.17. The molecule has 0 saturated heterocycles. The van der Waals surface area contributed by atoms with Crippen LogP contribution in [-0.4, -0.2) is 28.5 Å². The van der Waals surface area contributed by atoms with Gasteiger partial charge in [-0.15, -0.1) is 11.6 Å². The molecule has 0 aromatic heterocycles. The average Bonchev–Trinajstić information content (AvgIpc) is 2.27. The second kappa shape index (κ2) is 6.05. The molecule has 94 valence electrons. The van der Waals surface area contributed by atoms with Gasteiger partial charge in [-0.05, 0) is 24.1 Å². The first-order valence-electron chi connectivity index (χ1n) is 4.87. The molecule has 0 amide bonds. The predicted octanol–water partition coefficient (Wildman–Crippen LogP) is 1.80. The standard InChI is InChI=1S/C11H11ClF2O3/c12-2-1-10(16)11(17)6-3-8(13)7(5-15)9(14)4-6/h3-5,10-11,16-17H,1-2H2. The highest BCUT2D eigenvalue weighted by atomic mass is 35.5. The molecule has 0 aliphatic carbocycles. The molecular formula is C11H11ClF2O3. The van der Waals surface area contributed by atoms with Crippen LogP contribution in [0.25, 0.3) is 0 Å². The molecule has 3 nitrogen and oxygen atoms in total. The maximum atomic E-state index is 13.2. The Morgan fingerprint density at radius 3 is 2.24 bits per heavy atom. The number of rotatable bonds is 5. The van der Waals surface area contributed by atoms with Crippen molar-refractivity contribution in [2.24, 2.45) is 0 Å². The Morgan fingerprint density at radius 2 is 1.82 bits per heavy atom. The van der Waals surface area contributed by atoms with Crippen LogP contribution in [0.3, 0.4) is 0 Å². The summed E-state index contributed by atoms with van der Waals surface area (Å²) < 4.78 is 26.5. The van der Waals surface area contributed by atoms with Crippen LogP contribution in [0.1, 0.15) is 28.4 Å². The fourth-order valence-electron chi connectivity index (χ4n) is 1.38. The summed E-state index contributed by atoms with van der Waals surface area (Å²) >= 11 is 5.37. The summed E-state index contributed by atoms with van der Waals surface area (Å²) in [5, 5.41) is 19.0. The molecule has 0 fully saturated rings. The van der Waals surface area contributed by atoms with Gasteiger partial charge >= 0.3 is 0 Å². The van der Waals surface area contributed by atoms with Gasteiger partial charge < -0.3 is 10.2 Å². The molecule has 0 aliphatic rings. The van der Waals surface area contributed by atoms with Gasteiger partial charge in [0, 0.05) is 5.88 Å². The number of aliphatic hydroxyl groups excluding tert-OH is 2. The smallest absolute Gasteiger partial charge is 0.155 e. The Hall–Kier alpha value is -1.04. The van der Waals surface area contributed by atoms with Crippen LogP contribution in [0, 0.1) is 11.6 Å². The van der Waals surface area contributed by atoms with E-state index in [2.05, 4.69) is 0 Å². The van der Waals surface area contributed by atoms with E-state index in [4.69, 9.17) is 11.6 Å². The number of benzene rings is 1. The molecule has 0 aliphatic heterocycles. The average molecular weight is 265 g/mol. The van der Waals surface area contributed by atoms with E-state index in [1.165, 1.54) is 0 Å². The zero-order valence-corrected chi connectivity index (χ0v) is 9.49. The minimum Gasteiger partial charge on any atom is -0.390 e. The predicted molar refractivity (Wildman–Crippen MR) is 58.0 cm³/mol. The van der Waals surface area contributed by atoms with Gasteiger partial charge in [0.1, 0.15) is 17.7 Å². The zero-order valence-electron chi connectivity index (χ0n) is 8.74. The topological polar surface area (TPSA) is 57.5 Å². The van der Waals surface area contributed by atoms with Crippen molar-refractivity contribution in [1.29, 1.82) is 0 Å². The van der Waals surface area contributed by atoms with Crippen LogP contribution in [0.15, 0.2) is 12.1 Å². The van der Waals surface area contributed by atoms with Gasteiger partial charge in [0.05, 0.1) is 11.7 Å². The van der Waals surface area contributed by atoms with E-state index in [0.29, 0.717) is 0 Å². The van der Waals surface area contributed by atoms with Gasteiger partial charge in [-0.2, -0.15) is 0 Å². The number of alkyl halides is 1. The van der Waals surface area contributed by atoms with E-state index >= 15 is 0 Å². The van der Waals surface area contributed by atoms with Crippen LogP contribution in [-0.2, 0) is 0 Å². The fourth-order valence-corrected chi connectivity index (χ4v) is 1.60. The molecule has 0 spiro atoms. The quantitative estimate of drug-likeness (QED) is 0.630. The molecule has 2 atom stereocenters. The van der Waals surface area contributed by atoms with Crippen molar-refractivity contribution in [2.45, 2.75) is 18.6 Å². The van der Waals surface area contributed by atoms with Crippen molar-refractivity contribution < 1.29 is 23.8 Å². The van der Waals surface area contributed by atoms with Gasteiger partial charge in [-0.1, -0.05) is 0 Å². The molecule has 0 saturated carbocycles. The Kier molecular flexibility index (Phi) is 4.99. The minimum absolute atomic E-state index is 0.0516. The van der Waals surface area contributed by atoms with Crippen molar-refractivity contribution in [1.82, 2.24) is 0 Å². The van der Waals surface area contributed by atoms with Crippen molar-refractivity contribution in [3.8, 4) is 0 Å². The van der Waals surface area contributed by atoms with Crippen LogP contribution >= 0.6 is 11.6 Å². The largest absolute Gasteiger partial charge is 0.390 e. The Bertz CT molecular complexity index is 389. The summed E-state index contributed by atoms with van der Waals surface area (Å²) in [7, 11) is 0. The Balaban J connectivity index is 3.03. The molecule has 0 radical (unpaired) electrons. The van der Waals surface area contributed by atoms with Crippen molar-refractivity contribution >= 4 is 17.9 Å².